The van der Waals surface area contributed by atoms with Gasteiger partial charge in [-0.1, -0.05) is 42.0 Å². The van der Waals surface area contributed by atoms with Crippen LogP contribution >= 0.6 is 11.3 Å². The lowest BCUT2D eigenvalue weighted by molar-refractivity contribution is 0.0920. The van der Waals surface area contributed by atoms with Crippen molar-refractivity contribution in [2.45, 2.75) is 26.3 Å². The highest BCUT2D eigenvalue weighted by molar-refractivity contribution is 7.13. The summed E-state index contributed by atoms with van der Waals surface area (Å²) in [5, 5.41) is 5.81. The number of carbonyl (C=O) groups excluding carboxylic acids is 1. The molecule has 3 aromatic rings. The van der Waals surface area contributed by atoms with E-state index in [1.807, 2.05) is 29.6 Å². The largest absolute Gasteiger partial charge is 0.493 e. The zero-order valence-electron chi connectivity index (χ0n) is 14.8. The third kappa shape index (κ3) is 3.22. The molecule has 0 saturated carbocycles. The SMILES string of the molecule is Cc1ccc(-c2nc(C(=O)N[C@@H]3CCOc4ccccc43)cs2)c(C)c1. The van der Waals surface area contributed by atoms with Crippen LogP contribution in [0.2, 0.25) is 0 Å². The molecule has 26 heavy (non-hydrogen) atoms. The molecule has 0 bridgehead atoms. The first-order chi connectivity index (χ1) is 12.6. The summed E-state index contributed by atoms with van der Waals surface area (Å²) in [6.07, 6.45) is 0.761. The summed E-state index contributed by atoms with van der Waals surface area (Å²) in [4.78, 5) is 17.3. The molecule has 0 radical (unpaired) electrons. The molecular weight excluding hydrogens is 344 g/mol. The van der Waals surface area contributed by atoms with Crippen molar-refractivity contribution in [1.82, 2.24) is 10.3 Å². The highest BCUT2D eigenvalue weighted by Gasteiger charge is 2.24. The molecule has 0 spiro atoms. The van der Waals surface area contributed by atoms with E-state index in [4.69, 9.17) is 4.74 Å². The molecular formula is C21H20N2O2S. The van der Waals surface area contributed by atoms with Crippen molar-refractivity contribution in [3.8, 4) is 16.3 Å². The first-order valence-electron chi connectivity index (χ1n) is 8.67. The minimum Gasteiger partial charge on any atom is -0.493 e. The number of aromatic nitrogens is 1. The predicted octanol–water partition coefficient (Wildman–Crippen LogP) is 4.68. The maximum absolute atomic E-state index is 12.7. The van der Waals surface area contributed by atoms with Crippen molar-refractivity contribution >= 4 is 17.2 Å². The van der Waals surface area contributed by atoms with Gasteiger partial charge in [0.05, 0.1) is 12.6 Å². The Morgan fingerprint density at radius 2 is 2.08 bits per heavy atom. The van der Waals surface area contributed by atoms with Crippen molar-refractivity contribution in [3.63, 3.8) is 0 Å². The number of hydrogen-bond donors (Lipinski definition) is 1. The van der Waals surface area contributed by atoms with Crippen LogP contribution in [-0.2, 0) is 0 Å². The highest BCUT2D eigenvalue weighted by Crippen LogP contribution is 2.32. The summed E-state index contributed by atoms with van der Waals surface area (Å²) >= 11 is 1.50. The molecule has 5 heteroatoms. The van der Waals surface area contributed by atoms with Crippen molar-refractivity contribution in [2.75, 3.05) is 6.61 Å². The quantitative estimate of drug-likeness (QED) is 0.734. The molecule has 2 heterocycles. The van der Waals surface area contributed by atoms with Gasteiger partial charge in [0.1, 0.15) is 16.5 Å². The van der Waals surface area contributed by atoms with E-state index in [2.05, 4.69) is 42.3 Å². The van der Waals surface area contributed by atoms with Crippen LogP contribution in [0, 0.1) is 13.8 Å². The molecule has 0 unspecified atom stereocenters. The molecule has 1 amide bonds. The van der Waals surface area contributed by atoms with Crippen LogP contribution in [0.5, 0.6) is 5.75 Å². The average Bonchev–Trinajstić information content (AvgIpc) is 3.12. The Labute approximate surface area is 156 Å². The van der Waals surface area contributed by atoms with Crippen molar-refractivity contribution in [1.29, 1.82) is 0 Å². The van der Waals surface area contributed by atoms with E-state index in [0.29, 0.717) is 12.3 Å². The van der Waals surface area contributed by atoms with Gasteiger partial charge in [0.15, 0.2) is 0 Å². The molecule has 1 aliphatic rings. The summed E-state index contributed by atoms with van der Waals surface area (Å²) in [5.41, 5.74) is 4.96. The number of aryl methyl sites for hydroxylation is 2. The lowest BCUT2D eigenvalue weighted by Gasteiger charge is -2.26. The van der Waals surface area contributed by atoms with Crippen LogP contribution in [0.25, 0.3) is 10.6 Å². The predicted molar refractivity (Wildman–Crippen MR) is 104 cm³/mol. The molecule has 132 valence electrons. The summed E-state index contributed by atoms with van der Waals surface area (Å²) < 4.78 is 5.66. The van der Waals surface area contributed by atoms with Crippen LogP contribution in [0.3, 0.4) is 0 Å². The van der Waals surface area contributed by atoms with Gasteiger partial charge in [-0.05, 0) is 25.5 Å². The van der Waals surface area contributed by atoms with Gasteiger partial charge in [0.25, 0.3) is 5.91 Å². The smallest absolute Gasteiger partial charge is 0.271 e. The molecule has 1 aliphatic heterocycles. The molecule has 4 nitrogen and oxygen atoms in total. The number of nitrogens with one attached hydrogen (secondary N) is 1. The molecule has 4 rings (SSSR count). The van der Waals surface area contributed by atoms with Gasteiger partial charge in [-0.2, -0.15) is 0 Å². The van der Waals surface area contributed by atoms with E-state index in [9.17, 15) is 4.79 Å². The Morgan fingerprint density at radius 1 is 1.23 bits per heavy atom. The lowest BCUT2D eigenvalue weighted by atomic mass is 10.0. The third-order valence-corrected chi connectivity index (χ3v) is 5.49. The number of carbonyl (C=O) groups is 1. The third-order valence-electron chi connectivity index (χ3n) is 4.61. The fourth-order valence-electron chi connectivity index (χ4n) is 3.28. The van der Waals surface area contributed by atoms with Crippen LogP contribution in [-0.4, -0.2) is 17.5 Å². The number of para-hydroxylation sites is 1. The van der Waals surface area contributed by atoms with Crippen LogP contribution in [0.4, 0.5) is 0 Å². The zero-order valence-corrected chi connectivity index (χ0v) is 15.6. The van der Waals surface area contributed by atoms with Crippen LogP contribution in [0.15, 0.2) is 47.8 Å². The van der Waals surface area contributed by atoms with Crippen molar-refractivity contribution in [3.05, 3.63) is 70.2 Å². The molecule has 1 aromatic heterocycles. The first kappa shape index (κ1) is 16.8. The number of thiazole rings is 1. The van der Waals surface area contributed by atoms with Gasteiger partial charge in [-0.25, -0.2) is 4.98 Å². The minimum atomic E-state index is -0.140. The molecule has 0 fully saturated rings. The van der Waals surface area contributed by atoms with Crippen LogP contribution < -0.4 is 10.1 Å². The second-order valence-electron chi connectivity index (χ2n) is 6.56. The number of benzene rings is 2. The normalized spacial score (nSPS) is 15.8. The van der Waals surface area contributed by atoms with E-state index in [0.717, 1.165) is 28.3 Å². The topological polar surface area (TPSA) is 51.2 Å². The van der Waals surface area contributed by atoms with Crippen molar-refractivity contribution in [2.24, 2.45) is 0 Å². The summed E-state index contributed by atoms with van der Waals surface area (Å²) in [6, 6.07) is 14.1. The summed E-state index contributed by atoms with van der Waals surface area (Å²) in [5.74, 6) is 0.706. The Morgan fingerprint density at radius 3 is 2.92 bits per heavy atom. The van der Waals surface area contributed by atoms with Gasteiger partial charge < -0.3 is 10.1 Å². The van der Waals surface area contributed by atoms with E-state index in [1.165, 1.54) is 22.5 Å². The Kier molecular flexibility index (Phi) is 4.47. The monoisotopic (exact) mass is 364 g/mol. The number of ether oxygens (including phenoxy) is 1. The number of nitrogens with zero attached hydrogens (tertiary/aromatic N) is 1. The second-order valence-corrected chi connectivity index (χ2v) is 7.42. The van der Waals surface area contributed by atoms with E-state index in [1.54, 1.807) is 0 Å². The summed E-state index contributed by atoms with van der Waals surface area (Å²) in [7, 11) is 0. The lowest BCUT2D eigenvalue weighted by Crippen LogP contribution is -2.32. The Hall–Kier alpha value is -2.66. The second kappa shape index (κ2) is 6.92. The molecule has 0 saturated heterocycles. The van der Waals surface area contributed by atoms with Gasteiger partial charge in [0.2, 0.25) is 0 Å². The van der Waals surface area contributed by atoms with E-state index >= 15 is 0 Å². The Bertz CT molecular complexity index is 964. The zero-order chi connectivity index (χ0) is 18.1. The van der Waals surface area contributed by atoms with E-state index in [-0.39, 0.29) is 11.9 Å². The molecule has 1 N–H and O–H groups in total. The Balaban J connectivity index is 1.54. The average molecular weight is 364 g/mol. The van der Waals surface area contributed by atoms with Crippen molar-refractivity contribution < 1.29 is 9.53 Å². The van der Waals surface area contributed by atoms with E-state index < -0.39 is 0 Å². The molecule has 0 aliphatic carbocycles. The fourth-order valence-corrected chi connectivity index (χ4v) is 4.17. The fraction of sp³-hybridized carbons (Fsp3) is 0.238. The van der Waals surface area contributed by atoms with Gasteiger partial charge in [-0.3, -0.25) is 4.79 Å². The minimum absolute atomic E-state index is 0.0429. The highest BCUT2D eigenvalue weighted by atomic mass is 32.1. The maximum atomic E-state index is 12.7. The number of rotatable bonds is 3. The van der Waals surface area contributed by atoms with Gasteiger partial charge in [-0.15, -0.1) is 11.3 Å². The van der Waals surface area contributed by atoms with Crippen LogP contribution in [0.1, 0.15) is 39.6 Å². The molecule has 1 atom stereocenters. The van der Waals surface area contributed by atoms with Gasteiger partial charge in [0, 0.05) is 22.9 Å². The number of amides is 1. The molecule has 2 aromatic carbocycles. The van der Waals surface area contributed by atoms with Gasteiger partial charge >= 0.3 is 0 Å². The number of fused-ring (bicyclic) bond motifs is 1. The summed E-state index contributed by atoms with van der Waals surface area (Å²) in [6.45, 7) is 4.75. The first-order valence-corrected chi connectivity index (χ1v) is 9.55. The standard InChI is InChI=1S/C21H20N2O2S/c1-13-7-8-15(14(2)11-13)21-23-18(12-26-21)20(24)22-17-9-10-25-19-6-4-3-5-16(17)19/h3-8,11-12,17H,9-10H2,1-2H3,(H,22,24)/t17-/m1/s1. The number of hydrogen-bond acceptors (Lipinski definition) is 4. The maximum Gasteiger partial charge on any atom is 0.271 e.